The van der Waals surface area contributed by atoms with Gasteiger partial charge in [-0.05, 0) is 83.2 Å². The lowest BCUT2D eigenvalue weighted by molar-refractivity contribution is 0.670. The summed E-state index contributed by atoms with van der Waals surface area (Å²) in [5.74, 6) is 0. The zero-order valence-corrected chi connectivity index (χ0v) is 29.0. The third-order valence-electron chi connectivity index (χ3n) is 10.5. The Kier molecular flexibility index (Phi) is 6.36. The molecule has 1 nitrogen and oxygen atoms in total. The van der Waals surface area contributed by atoms with Gasteiger partial charge in [-0.15, -0.1) is 22.7 Å². The topological polar surface area (TPSA) is 13.1 Å². The zero-order valence-electron chi connectivity index (χ0n) is 27.4. The molecule has 3 aromatic heterocycles. The first-order valence-electron chi connectivity index (χ1n) is 17.2. The van der Waals surface area contributed by atoms with E-state index in [0.29, 0.717) is 0 Å². The minimum absolute atomic E-state index is 0.897. The summed E-state index contributed by atoms with van der Waals surface area (Å²) in [6.45, 7) is 0. The molecule has 0 N–H and O–H groups in total. The SMILES string of the molecule is c1csc(-c2c3ccccc3c(-c3cccc4c3oc3cccc(-c5c6ccccc6c(-c6cccs6)c6ccccc56)c34)c3ccccc23)c1. The van der Waals surface area contributed by atoms with Crippen LogP contribution in [0.1, 0.15) is 0 Å². The summed E-state index contributed by atoms with van der Waals surface area (Å²) >= 11 is 3.60. The van der Waals surface area contributed by atoms with Crippen molar-refractivity contribution in [2.24, 2.45) is 0 Å². The number of rotatable bonds is 4. The van der Waals surface area contributed by atoms with Gasteiger partial charge in [-0.25, -0.2) is 0 Å². The summed E-state index contributed by atoms with van der Waals surface area (Å²) < 4.78 is 7.01. The third-order valence-corrected chi connectivity index (χ3v) is 12.2. The molecule has 0 fully saturated rings. The average molecular weight is 685 g/mol. The van der Waals surface area contributed by atoms with Gasteiger partial charge in [0.25, 0.3) is 0 Å². The van der Waals surface area contributed by atoms with Gasteiger partial charge >= 0.3 is 0 Å². The molecule has 11 aromatic rings. The molecule has 3 heteroatoms. The summed E-state index contributed by atoms with van der Waals surface area (Å²) in [6.07, 6.45) is 0. The smallest absolute Gasteiger partial charge is 0.143 e. The summed E-state index contributed by atoms with van der Waals surface area (Å²) in [6, 6.07) is 57.5. The van der Waals surface area contributed by atoms with E-state index in [1.165, 1.54) is 80.7 Å². The van der Waals surface area contributed by atoms with Crippen LogP contribution in [-0.2, 0) is 0 Å². The molecular weight excluding hydrogens is 657 g/mol. The van der Waals surface area contributed by atoms with Crippen molar-refractivity contribution >= 4 is 87.7 Å². The lowest BCUT2D eigenvalue weighted by Gasteiger charge is -2.17. The van der Waals surface area contributed by atoms with Gasteiger partial charge in [0.1, 0.15) is 11.2 Å². The van der Waals surface area contributed by atoms with Crippen LogP contribution in [0.3, 0.4) is 0 Å². The molecule has 8 aromatic carbocycles. The lowest BCUT2D eigenvalue weighted by atomic mass is 9.86. The van der Waals surface area contributed by atoms with E-state index in [0.717, 1.165) is 27.5 Å². The van der Waals surface area contributed by atoms with Crippen molar-refractivity contribution in [3.63, 3.8) is 0 Å². The third kappa shape index (κ3) is 4.20. The van der Waals surface area contributed by atoms with Gasteiger partial charge in [0.15, 0.2) is 0 Å². The Bertz CT molecular complexity index is 3010. The second kappa shape index (κ2) is 11.3. The minimum Gasteiger partial charge on any atom is -0.455 e. The Labute approximate surface area is 302 Å². The molecular formula is C48H28OS2. The molecule has 0 aliphatic heterocycles. The van der Waals surface area contributed by atoms with Crippen LogP contribution in [0.4, 0.5) is 0 Å². The molecule has 0 spiro atoms. The molecule has 0 aliphatic rings. The van der Waals surface area contributed by atoms with Crippen LogP contribution < -0.4 is 0 Å². The number of hydrogen-bond donors (Lipinski definition) is 0. The summed E-state index contributed by atoms with van der Waals surface area (Å²) in [5.41, 5.74) is 9.18. The quantitative estimate of drug-likeness (QED) is 0.168. The molecule has 0 radical (unpaired) electrons. The molecule has 51 heavy (non-hydrogen) atoms. The highest BCUT2D eigenvalue weighted by atomic mass is 32.1. The van der Waals surface area contributed by atoms with Crippen molar-refractivity contribution in [2.75, 3.05) is 0 Å². The Morgan fingerprint density at radius 3 is 1.16 bits per heavy atom. The maximum atomic E-state index is 7.01. The van der Waals surface area contributed by atoms with Crippen LogP contribution in [0.2, 0.25) is 0 Å². The van der Waals surface area contributed by atoms with Crippen molar-refractivity contribution < 1.29 is 4.42 Å². The molecule has 0 atom stereocenters. The lowest BCUT2D eigenvalue weighted by Crippen LogP contribution is -1.90. The van der Waals surface area contributed by atoms with Crippen molar-refractivity contribution in [1.29, 1.82) is 0 Å². The molecule has 0 bridgehead atoms. The van der Waals surface area contributed by atoms with Crippen molar-refractivity contribution in [3.8, 4) is 43.1 Å². The van der Waals surface area contributed by atoms with Crippen LogP contribution in [0.15, 0.2) is 173 Å². The fraction of sp³-hybridized carbons (Fsp3) is 0. The molecule has 0 saturated heterocycles. The van der Waals surface area contributed by atoms with Crippen LogP contribution in [-0.4, -0.2) is 0 Å². The first-order chi connectivity index (χ1) is 25.3. The maximum absolute atomic E-state index is 7.01. The first kappa shape index (κ1) is 28.8. The van der Waals surface area contributed by atoms with Gasteiger partial charge in [-0.2, -0.15) is 0 Å². The normalized spacial score (nSPS) is 11.9. The number of fused-ring (bicyclic) bond motifs is 7. The Morgan fingerprint density at radius 1 is 0.314 bits per heavy atom. The number of thiophene rings is 2. The van der Waals surface area contributed by atoms with Crippen molar-refractivity contribution in [1.82, 2.24) is 0 Å². The first-order valence-corrected chi connectivity index (χ1v) is 19.0. The molecule has 0 unspecified atom stereocenters. The highest BCUT2D eigenvalue weighted by molar-refractivity contribution is 7.14. The highest BCUT2D eigenvalue weighted by Crippen LogP contribution is 2.50. The predicted octanol–water partition coefficient (Wildman–Crippen LogP) is 15.0. The van der Waals surface area contributed by atoms with E-state index < -0.39 is 0 Å². The number of hydrogen-bond acceptors (Lipinski definition) is 3. The number of furan rings is 1. The largest absolute Gasteiger partial charge is 0.455 e. The monoisotopic (exact) mass is 684 g/mol. The number of benzene rings is 8. The van der Waals surface area contributed by atoms with Crippen LogP contribution in [0.25, 0.3) is 108 Å². The van der Waals surface area contributed by atoms with E-state index in [9.17, 15) is 0 Å². The van der Waals surface area contributed by atoms with Crippen LogP contribution in [0.5, 0.6) is 0 Å². The van der Waals surface area contributed by atoms with E-state index in [2.05, 4.69) is 168 Å². The molecule has 11 rings (SSSR count). The fourth-order valence-electron chi connectivity index (χ4n) is 8.46. The van der Waals surface area contributed by atoms with Crippen LogP contribution in [0, 0.1) is 0 Å². The van der Waals surface area contributed by atoms with E-state index in [1.54, 1.807) is 22.7 Å². The van der Waals surface area contributed by atoms with E-state index in [1.807, 2.05) is 0 Å². The molecule has 0 aliphatic carbocycles. The van der Waals surface area contributed by atoms with Crippen molar-refractivity contribution in [3.05, 3.63) is 168 Å². The fourth-order valence-corrected chi connectivity index (χ4v) is 10.1. The maximum Gasteiger partial charge on any atom is 0.143 e. The number of para-hydroxylation sites is 1. The molecule has 238 valence electrons. The summed E-state index contributed by atoms with van der Waals surface area (Å²) in [4.78, 5) is 2.57. The molecule has 3 heterocycles. The van der Waals surface area contributed by atoms with E-state index in [4.69, 9.17) is 4.42 Å². The van der Waals surface area contributed by atoms with Gasteiger partial charge in [-0.1, -0.05) is 140 Å². The second-order valence-electron chi connectivity index (χ2n) is 13.1. The van der Waals surface area contributed by atoms with Gasteiger partial charge in [-0.3, -0.25) is 0 Å². The Morgan fingerprint density at radius 2 is 0.706 bits per heavy atom. The second-order valence-corrected chi connectivity index (χ2v) is 15.0. The minimum atomic E-state index is 0.897. The standard InChI is InChI=1S/C48H28OS2/c1-5-17-33-29(13-1)43(30-14-2-6-18-34(30)46(33)41-25-11-27-50-41)37-21-10-24-40-45(37)39-23-9-22-38(48(39)49-40)44-31-15-3-7-19-35(31)47(42-26-12-28-51-42)36-20-8-4-16-32(36)44/h1-28H. The highest BCUT2D eigenvalue weighted by Gasteiger charge is 2.23. The van der Waals surface area contributed by atoms with Crippen LogP contribution >= 0.6 is 22.7 Å². The molecule has 0 saturated carbocycles. The summed E-state index contributed by atoms with van der Waals surface area (Å²) in [7, 11) is 0. The van der Waals surface area contributed by atoms with Gasteiger partial charge in [0, 0.05) is 42.8 Å². The Balaban J connectivity index is 1.25. The predicted molar refractivity (Wildman–Crippen MR) is 221 cm³/mol. The zero-order chi connectivity index (χ0) is 33.5. The van der Waals surface area contributed by atoms with Gasteiger partial charge < -0.3 is 4.42 Å². The van der Waals surface area contributed by atoms with E-state index in [-0.39, 0.29) is 0 Å². The Hall–Kier alpha value is -6.00. The van der Waals surface area contributed by atoms with Gasteiger partial charge in [0.05, 0.1) is 0 Å². The van der Waals surface area contributed by atoms with E-state index >= 15 is 0 Å². The van der Waals surface area contributed by atoms with Gasteiger partial charge in [0.2, 0.25) is 0 Å². The summed E-state index contributed by atoms with van der Waals surface area (Å²) in [5, 5.41) is 16.6. The molecule has 0 amide bonds. The average Bonchev–Trinajstić information content (AvgIpc) is 3.98. The van der Waals surface area contributed by atoms with Crippen molar-refractivity contribution in [2.45, 2.75) is 0 Å².